The highest BCUT2D eigenvalue weighted by Crippen LogP contribution is 2.25. The van der Waals surface area contributed by atoms with Gasteiger partial charge < -0.3 is 4.74 Å². The summed E-state index contributed by atoms with van der Waals surface area (Å²) < 4.78 is 43.2. The van der Waals surface area contributed by atoms with Gasteiger partial charge in [-0.2, -0.15) is 13.2 Å². The van der Waals surface area contributed by atoms with Gasteiger partial charge in [-0.1, -0.05) is 5.21 Å². The van der Waals surface area contributed by atoms with E-state index < -0.39 is 12.0 Å². The molecule has 0 spiro atoms. The predicted octanol–water partition coefficient (Wildman–Crippen LogP) is 1.28. The average molecular weight is 273 g/mol. The molecule has 0 saturated carbocycles. The minimum atomic E-state index is -4.53. The van der Waals surface area contributed by atoms with Gasteiger partial charge in [-0.25, -0.2) is 14.6 Å². The van der Waals surface area contributed by atoms with E-state index in [1.807, 2.05) is 0 Å². The van der Waals surface area contributed by atoms with Crippen molar-refractivity contribution in [2.24, 2.45) is 0 Å². The molecule has 0 aromatic carbocycles. The maximum atomic E-state index is 12.3. The fourth-order valence-corrected chi connectivity index (χ4v) is 1.40. The second-order valence-corrected chi connectivity index (χ2v) is 3.75. The first-order valence-corrected chi connectivity index (χ1v) is 5.25. The number of alkyl halides is 3. The van der Waals surface area contributed by atoms with Gasteiger partial charge in [0.15, 0.2) is 0 Å². The highest BCUT2D eigenvalue weighted by Gasteiger charge is 2.34. The van der Waals surface area contributed by atoms with Crippen LogP contribution in [0, 0.1) is 0 Å². The predicted molar refractivity (Wildman–Crippen MR) is 56.9 cm³/mol. The number of halogens is 3. The van der Waals surface area contributed by atoms with E-state index in [-0.39, 0.29) is 6.54 Å². The standard InChI is InChI=1S/C10H10F3N5O/c1-19-6-8-5-18(17-16-8)4-7-2-14-9(15-3-7)10(11,12)13/h2-3,5H,4,6H2,1H3. The van der Waals surface area contributed by atoms with Crippen LogP contribution in [0.15, 0.2) is 18.6 Å². The van der Waals surface area contributed by atoms with Crippen LogP contribution in [0.4, 0.5) is 13.2 Å². The molecular formula is C10H10F3N5O. The molecule has 6 nitrogen and oxygen atoms in total. The van der Waals surface area contributed by atoms with Crippen molar-refractivity contribution < 1.29 is 17.9 Å². The summed E-state index contributed by atoms with van der Waals surface area (Å²) in [7, 11) is 1.53. The SMILES string of the molecule is COCc1cn(Cc2cnc(C(F)(F)F)nc2)nn1. The van der Waals surface area contributed by atoms with E-state index in [0.29, 0.717) is 17.9 Å². The molecule has 9 heteroatoms. The van der Waals surface area contributed by atoms with E-state index in [9.17, 15) is 13.2 Å². The normalized spacial score (nSPS) is 11.8. The molecule has 0 radical (unpaired) electrons. The van der Waals surface area contributed by atoms with Crippen LogP contribution < -0.4 is 0 Å². The van der Waals surface area contributed by atoms with Gasteiger partial charge in [0, 0.05) is 25.1 Å². The summed E-state index contributed by atoms with van der Waals surface area (Å²) in [6.45, 7) is 0.568. The zero-order chi connectivity index (χ0) is 13.9. The first kappa shape index (κ1) is 13.4. The first-order valence-electron chi connectivity index (χ1n) is 5.25. The minimum absolute atomic E-state index is 0.245. The molecular weight excluding hydrogens is 263 g/mol. The zero-order valence-corrected chi connectivity index (χ0v) is 9.92. The lowest BCUT2D eigenvalue weighted by Gasteiger charge is -2.05. The van der Waals surface area contributed by atoms with Crippen molar-refractivity contribution in [2.45, 2.75) is 19.3 Å². The van der Waals surface area contributed by atoms with E-state index in [2.05, 4.69) is 20.3 Å². The molecule has 0 unspecified atom stereocenters. The van der Waals surface area contributed by atoms with E-state index in [4.69, 9.17) is 4.74 Å². The molecule has 19 heavy (non-hydrogen) atoms. The molecule has 2 aromatic heterocycles. The van der Waals surface area contributed by atoms with Gasteiger partial charge in [-0.05, 0) is 0 Å². The molecule has 0 aliphatic carbocycles. The van der Waals surface area contributed by atoms with Crippen LogP contribution in [0.5, 0.6) is 0 Å². The van der Waals surface area contributed by atoms with E-state index in [1.165, 1.54) is 11.8 Å². The van der Waals surface area contributed by atoms with Crippen LogP contribution >= 0.6 is 0 Å². The number of hydrogen-bond donors (Lipinski definition) is 0. The van der Waals surface area contributed by atoms with Crippen molar-refractivity contribution in [1.82, 2.24) is 25.0 Å². The third kappa shape index (κ3) is 3.47. The lowest BCUT2D eigenvalue weighted by Crippen LogP contribution is -2.11. The smallest absolute Gasteiger partial charge is 0.378 e. The Morgan fingerprint density at radius 3 is 2.53 bits per heavy atom. The molecule has 0 fully saturated rings. The second kappa shape index (κ2) is 5.31. The summed E-state index contributed by atoms with van der Waals surface area (Å²) in [6.07, 6.45) is -0.653. The summed E-state index contributed by atoms with van der Waals surface area (Å²) >= 11 is 0. The maximum Gasteiger partial charge on any atom is 0.451 e. The fraction of sp³-hybridized carbons (Fsp3) is 0.400. The molecule has 0 N–H and O–H groups in total. The van der Waals surface area contributed by atoms with Gasteiger partial charge in [0.25, 0.3) is 0 Å². The van der Waals surface area contributed by atoms with E-state index in [0.717, 1.165) is 12.4 Å². The van der Waals surface area contributed by atoms with Gasteiger partial charge in [-0.15, -0.1) is 5.10 Å². The molecule has 0 aliphatic heterocycles. The number of hydrogen-bond acceptors (Lipinski definition) is 5. The van der Waals surface area contributed by atoms with Crippen molar-refractivity contribution in [3.63, 3.8) is 0 Å². The van der Waals surface area contributed by atoms with Crippen molar-refractivity contribution in [2.75, 3.05) is 7.11 Å². The Morgan fingerprint density at radius 2 is 1.95 bits per heavy atom. The van der Waals surface area contributed by atoms with E-state index >= 15 is 0 Å². The Morgan fingerprint density at radius 1 is 1.26 bits per heavy atom. The number of nitrogens with zero attached hydrogens (tertiary/aromatic N) is 5. The Labute approximate surface area is 106 Å². The highest BCUT2D eigenvalue weighted by atomic mass is 19.4. The maximum absolute atomic E-state index is 12.3. The molecule has 2 aromatic rings. The molecule has 0 atom stereocenters. The van der Waals surface area contributed by atoms with E-state index in [1.54, 1.807) is 6.20 Å². The summed E-state index contributed by atoms with van der Waals surface area (Å²) in [5.74, 6) is -1.16. The first-order chi connectivity index (χ1) is 8.99. The Balaban J connectivity index is 2.06. The third-order valence-corrected chi connectivity index (χ3v) is 2.18. The Bertz CT molecular complexity index is 537. The van der Waals surface area contributed by atoms with Crippen LogP contribution in [-0.4, -0.2) is 32.1 Å². The van der Waals surface area contributed by atoms with Crippen molar-refractivity contribution in [3.05, 3.63) is 35.7 Å². The largest absolute Gasteiger partial charge is 0.451 e. The lowest BCUT2D eigenvalue weighted by molar-refractivity contribution is -0.145. The number of aromatic nitrogens is 5. The molecule has 0 saturated heterocycles. The quantitative estimate of drug-likeness (QED) is 0.839. The van der Waals surface area contributed by atoms with Crippen LogP contribution in [0.2, 0.25) is 0 Å². The summed E-state index contributed by atoms with van der Waals surface area (Å²) in [4.78, 5) is 6.53. The molecule has 0 amide bonds. The van der Waals surface area contributed by atoms with Crippen molar-refractivity contribution in [3.8, 4) is 0 Å². The second-order valence-electron chi connectivity index (χ2n) is 3.75. The molecule has 102 valence electrons. The number of methoxy groups -OCH3 is 1. The Kier molecular flexibility index (Phi) is 3.74. The fourth-order valence-electron chi connectivity index (χ4n) is 1.40. The number of rotatable bonds is 4. The molecule has 2 heterocycles. The molecule has 2 rings (SSSR count). The molecule has 0 bridgehead atoms. The van der Waals surface area contributed by atoms with Gasteiger partial charge in [0.05, 0.1) is 19.3 Å². The highest BCUT2D eigenvalue weighted by molar-refractivity contribution is 5.07. The summed E-state index contributed by atoms with van der Waals surface area (Å²) in [6, 6.07) is 0. The monoisotopic (exact) mass is 273 g/mol. The van der Waals surface area contributed by atoms with Crippen molar-refractivity contribution >= 4 is 0 Å². The summed E-state index contributed by atoms with van der Waals surface area (Å²) in [5.41, 5.74) is 1.14. The number of ether oxygens (including phenoxy) is 1. The van der Waals surface area contributed by atoms with Crippen LogP contribution in [0.1, 0.15) is 17.1 Å². The average Bonchev–Trinajstić information content (AvgIpc) is 2.77. The van der Waals surface area contributed by atoms with Gasteiger partial charge in [-0.3, -0.25) is 0 Å². The zero-order valence-electron chi connectivity index (χ0n) is 9.92. The van der Waals surface area contributed by atoms with Crippen molar-refractivity contribution in [1.29, 1.82) is 0 Å². The summed E-state index contributed by atoms with van der Waals surface area (Å²) in [5, 5.41) is 7.64. The van der Waals surface area contributed by atoms with Crippen LogP contribution in [-0.2, 0) is 24.1 Å². The lowest BCUT2D eigenvalue weighted by atomic mass is 10.3. The minimum Gasteiger partial charge on any atom is -0.378 e. The van der Waals surface area contributed by atoms with Gasteiger partial charge in [0.2, 0.25) is 5.82 Å². The Hall–Kier alpha value is -2.03. The molecule has 0 aliphatic rings. The topological polar surface area (TPSA) is 65.7 Å². The van der Waals surface area contributed by atoms with Gasteiger partial charge in [0.1, 0.15) is 5.69 Å². The van der Waals surface area contributed by atoms with Gasteiger partial charge >= 0.3 is 6.18 Å². The third-order valence-electron chi connectivity index (χ3n) is 2.18. The van der Waals surface area contributed by atoms with Crippen LogP contribution in [0.25, 0.3) is 0 Å². The van der Waals surface area contributed by atoms with Crippen LogP contribution in [0.3, 0.4) is 0 Å².